The van der Waals surface area contributed by atoms with Gasteiger partial charge in [-0.25, -0.2) is 5.10 Å². The minimum atomic E-state index is -0.295. The number of aromatic amines is 1. The molecule has 0 amide bonds. The highest BCUT2D eigenvalue weighted by atomic mass is 35.5. The number of H-pyrrole nitrogens is 1. The molecule has 2 atom stereocenters. The fourth-order valence-electron chi connectivity index (χ4n) is 3.03. The van der Waals surface area contributed by atoms with E-state index in [4.69, 9.17) is 11.6 Å². The van der Waals surface area contributed by atoms with E-state index in [0.29, 0.717) is 0 Å². The van der Waals surface area contributed by atoms with Crippen LogP contribution in [0.3, 0.4) is 0 Å². The van der Waals surface area contributed by atoms with E-state index >= 15 is 0 Å². The van der Waals surface area contributed by atoms with Gasteiger partial charge in [-0.1, -0.05) is 18.0 Å². The van der Waals surface area contributed by atoms with E-state index in [-0.39, 0.29) is 10.6 Å². The lowest BCUT2D eigenvalue weighted by Crippen LogP contribution is -2.24. The maximum Gasteiger partial charge on any atom is 0.285 e. The van der Waals surface area contributed by atoms with E-state index in [9.17, 15) is 4.79 Å². The van der Waals surface area contributed by atoms with Gasteiger partial charge in [0, 0.05) is 13.1 Å². The van der Waals surface area contributed by atoms with Crippen LogP contribution in [0.15, 0.2) is 11.0 Å². The zero-order chi connectivity index (χ0) is 11.1. The normalized spacial score (nSPS) is 28.4. The molecule has 1 saturated carbocycles. The summed E-state index contributed by atoms with van der Waals surface area (Å²) in [5.74, 6) is 1.57. The van der Waals surface area contributed by atoms with Gasteiger partial charge in [-0.15, -0.1) is 0 Å². The average molecular weight is 240 g/mol. The highest BCUT2D eigenvalue weighted by molar-refractivity contribution is 6.33. The summed E-state index contributed by atoms with van der Waals surface area (Å²) in [5.41, 5.74) is 0.496. The number of fused-ring (bicyclic) bond motifs is 1. The van der Waals surface area contributed by atoms with Crippen LogP contribution >= 0.6 is 11.6 Å². The van der Waals surface area contributed by atoms with Crippen LogP contribution in [-0.2, 0) is 0 Å². The van der Waals surface area contributed by atoms with Crippen molar-refractivity contribution in [1.29, 1.82) is 0 Å². The van der Waals surface area contributed by atoms with E-state index in [2.05, 4.69) is 15.1 Å². The quantitative estimate of drug-likeness (QED) is 0.811. The fourth-order valence-corrected chi connectivity index (χ4v) is 3.24. The Morgan fingerprint density at radius 3 is 2.75 bits per heavy atom. The third-order valence-electron chi connectivity index (χ3n) is 3.84. The number of nitrogens with one attached hydrogen (secondary N) is 1. The van der Waals surface area contributed by atoms with Crippen LogP contribution in [0.1, 0.15) is 19.3 Å². The van der Waals surface area contributed by atoms with Gasteiger partial charge in [0.1, 0.15) is 5.02 Å². The third kappa shape index (κ3) is 1.52. The second-order valence-electron chi connectivity index (χ2n) is 4.75. The third-order valence-corrected chi connectivity index (χ3v) is 4.21. The first-order valence-electron chi connectivity index (χ1n) is 5.74. The number of halogens is 1. The molecule has 1 N–H and O–H groups in total. The largest absolute Gasteiger partial charge is 0.368 e. The summed E-state index contributed by atoms with van der Waals surface area (Å²) >= 11 is 6.00. The zero-order valence-electron chi connectivity index (χ0n) is 8.95. The molecule has 2 aliphatic rings. The molecule has 4 nitrogen and oxygen atoms in total. The van der Waals surface area contributed by atoms with Gasteiger partial charge in [0.05, 0.1) is 11.9 Å². The van der Waals surface area contributed by atoms with E-state index in [1.54, 1.807) is 6.20 Å². The van der Waals surface area contributed by atoms with Crippen LogP contribution in [-0.4, -0.2) is 23.3 Å². The highest BCUT2D eigenvalue weighted by Gasteiger charge is 2.36. The van der Waals surface area contributed by atoms with E-state index in [1.807, 2.05) is 0 Å². The van der Waals surface area contributed by atoms with Crippen molar-refractivity contribution in [3.05, 3.63) is 21.6 Å². The molecule has 0 bridgehead atoms. The maximum atomic E-state index is 11.4. The minimum absolute atomic E-state index is 0.273. The molecule has 1 saturated heterocycles. The van der Waals surface area contributed by atoms with Crippen molar-refractivity contribution < 1.29 is 0 Å². The molecule has 16 heavy (non-hydrogen) atoms. The predicted octanol–water partition coefficient (Wildman–Crippen LogP) is 1.66. The van der Waals surface area contributed by atoms with Crippen LogP contribution in [0.2, 0.25) is 5.02 Å². The van der Waals surface area contributed by atoms with E-state index < -0.39 is 0 Å². The number of aromatic nitrogens is 2. The Kier molecular flexibility index (Phi) is 2.39. The molecule has 0 spiro atoms. The zero-order valence-corrected chi connectivity index (χ0v) is 9.70. The first-order valence-corrected chi connectivity index (χ1v) is 6.11. The van der Waals surface area contributed by atoms with Crippen molar-refractivity contribution in [3.8, 4) is 0 Å². The molecule has 5 heteroatoms. The van der Waals surface area contributed by atoms with E-state index in [0.717, 1.165) is 30.6 Å². The van der Waals surface area contributed by atoms with Crippen LogP contribution in [0, 0.1) is 11.8 Å². The molecule has 1 aromatic rings. The first-order chi connectivity index (χ1) is 7.75. The summed E-state index contributed by atoms with van der Waals surface area (Å²) in [4.78, 5) is 13.6. The Balaban J connectivity index is 1.89. The average Bonchev–Trinajstić information content (AvgIpc) is 2.81. The van der Waals surface area contributed by atoms with Crippen LogP contribution in [0.5, 0.6) is 0 Å². The Labute approximate surface area is 98.6 Å². The van der Waals surface area contributed by atoms with Crippen molar-refractivity contribution in [3.63, 3.8) is 0 Å². The standard InChI is InChI=1S/C11H14ClN3O/c12-10-9(4-13-14-11(10)16)15-5-7-2-1-3-8(7)6-15/h4,7-8H,1-3,5-6H2,(H,14,16). The Hall–Kier alpha value is -1.03. The fraction of sp³-hybridized carbons (Fsp3) is 0.636. The Morgan fingerprint density at radius 2 is 2.06 bits per heavy atom. The molecule has 0 aromatic carbocycles. The van der Waals surface area contributed by atoms with Crippen molar-refractivity contribution >= 4 is 17.3 Å². The number of anilines is 1. The molecule has 1 aromatic heterocycles. The highest BCUT2D eigenvalue weighted by Crippen LogP contribution is 2.40. The van der Waals surface area contributed by atoms with Gasteiger partial charge in [0.15, 0.2) is 0 Å². The maximum absolute atomic E-state index is 11.4. The van der Waals surface area contributed by atoms with Gasteiger partial charge in [-0.2, -0.15) is 5.10 Å². The summed E-state index contributed by atoms with van der Waals surface area (Å²) in [6.45, 7) is 2.05. The molecule has 2 fully saturated rings. The van der Waals surface area contributed by atoms with Gasteiger partial charge in [0.25, 0.3) is 5.56 Å². The molecule has 1 aliphatic heterocycles. The summed E-state index contributed by atoms with van der Waals surface area (Å²) < 4.78 is 0. The van der Waals surface area contributed by atoms with Gasteiger partial charge in [0.2, 0.25) is 0 Å². The second kappa shape index (κ2) is 3.77. The summed E-state index contributed by atoms with van der Waals surface area (Å²) in [6.07, 6.45) is 5.64. The Morgan fingerprint density at radius 1 is 1.38 bits per heavy atom. The number of hydrogen-bond donors (Lipinski definition) is 1. The molecule has 2 unspecified atom stereocenters. The van der Waals surface area contributed by atoms with Crippen molar-refractivity contribution in [1.82, 2.24) is 10.2 Å². The van der Waals surface area contributed by atoms with E-state index in [1.165, 1.54) is 19.3 Å². The Bertz CT molecular complexity index is 447. The molecule has 0 radical (unpaired) electrons. The van der Waals surface area contributed by atoms with Gasteiger partial charge in [-0.3, -0.25) is 4.79 Å². The van der Waals surface area contributed by atoms with Gasteiger partial charge >= 0.3 is 0 Å². The number of hydrogen-bond acceptors (Lipinski definition) is 3. The van der Waals surface area contributed by atoms with Gasteiger partial charge < -0.3 is 4.90 Å². The number of rotatable bonds is 1. The lowest BCUT2D eigenvalue weighted by molar-refractivity contribution is 0.494. The lowest BCUT2D eigenvalue weighted by atomic mass is 10.0. The van der Waals surface area contributed by atoms with Crippen LogP contribution in [0.4, 0.5) is 5.69 Å². The van der Waals surface area contributed by atoms with Crippen molar-refractivity contribution in [2.75, 3.05) is 18.0 Å². The first kappa shape index (κ1) is 10.1. The molecule has 3 rings (SSSR count). The summed E-state index contributed by atoms with van der Waals surface area (Å²) in [7, 11) is 0. The van der Waals surface area contributed by atoms with Crippen molar-refractivity contribution in [2.45, 2.75) is 19.3 Å². The van der Waals surface area contributed by atoms with Gasteiger partial charge in [-0.05, 0) is 24.7 Å². The van der Waals surface area contributed by atoms with Crippen LogP contribution < -0.4 is 10.5 Å². The summed E-state index contributed by atoms with van der Waals surface area (Å²) in [6, 6.07) is 0. The molecule has 1 aliphatic carbocycles. The van der Waals surface area contributed by atoms with Crippen LogP contribution in [0.25, 0.3) is 0 Å². The monoisotopic (exact) mass is 239 g/mol. The predicted molar refractivity (Wildman–Crippen MR) is 62.9 cm³/mol. The molecular formula is C11H14ClN3O. The lowest BCUT2D eigenvalue weighted by Gasteiger charge is -2.19. The topological polar surface area (TPSA) is 49.0 Å². The second-order valence-corrected chi connectivity index (χ2v) is 5.13. The SMILES string of the molecule is O=c1[nH]ncc(N2CC3CCCC3C2)c1Cl. The smallest absolute Gasteiger partial charge is 0.285 e. The van der Waals surface area contributed by atoms with Crippen molar-refractivity contribution in [2.24, 2.45) is 11.8 Å². The molecule has 86 valence electrons. The summed E-state index contributed by atoms with van der Waals surface area (Å²) in [5, 5.41) is 6.44. The molecular weight excluding hydrogens is 226 g/mol. The number of nitrogens with zero attached hydrogens (tertiary/aromatic N) is 2. The minimum Gasteiger partial charge on any atom is -0.368 e. The molecule has 2 heterocycles.